The highest BCUT2D eigenvalue weighted by molar-refractivity contribution is 6.21. The Bertz CT molecular complexity index is 810. The number of nitrogens with zero attached hydrogens (tertiary/aromatic N) is 1. The van der Waals surface area contributed by atoms with Gasteiger partial charge in [-0.05, 0) is 43.2 Å². The van der Waals surface area contributed by atoms with Crippen molar-refractivity contribution >= 4 is 17.7 Å². The van der Waals surface area contributed by atoms with Crippen LogP contribution < -0.4 is 10.2 Å². The number of nitrogens with one attached hydrogen (secondary N) is 1. The van der Waals surface area contributed by atoms with Gasteiger partial charge >= 0.3 is 0 Å². The molecular weight excluding hydrogens is 308 g/mol. The molecule has 6 nitrogen and oxygen atoms in total. The maximum atomic E-state index is 12.2. The van der Waals surface area contributed by atoms with E-state index in [1.807, 2.05) is 32.0 Å². The number of benzene rings is 2. The molecule has 0 fully saturated rings. The zero-order valence-electron chi connectivity index (χ0n) is 13.3. The van der Waals surface area contributed by atoms with E-state index in [0.29, 0.717) is 5.75 Å². The Kier molecular flexibility index (Phi) is 4.04. The predicted molar refractivity (Wildman–Crippen MR) is 86.5 cm³/mol. The average molecular weight is 324 g/mol. The standard InChI is InChI=1S/C18H16N2O4/c1-11-7-8-12(2)15(9-11)24-10-16(21)19-20-17(22)13-5-3-4-6-14(13)18(20)23/h3-9H,10H2,1-2H3,(H,19,21). The summed E-state index contributed by atoms with van der Waals surface area (Å²) < 4.78 is 5.48. The Morgan fingerprint density at radius 1 is 1.04 bits per heavy atom. The molecule has 24 heavy (non-hydrogen) atoms. The predicted octanol–water partition coefficient (Wildman–Crippen LogP) is 2.01. The molecule has 0 saturated heterocycles. The maximum Gasteiger partial charge on any atom is 0.280 e. The summed E-state index contributed by atoms with van der Waals surface area (Å²) in [7, 11) is 0. The van der Waals surface area contributed by atoms with Crippen molar-refractivity contribution in [3.8, 4) is 5.75 Å². The molecule has 0 unspecified atom stereocenters. The fourth-order valence-electron chi connectivity index (χ4n) is 2.45. The van der Waals surface area contributed by atoms with Crippen molar-refractivity contribution in [2.45, 2.75) is 13.8 Å². The minimum atomic E-state index is -0.578. The van der Waals surface area contributed by atoms with Crippen molar-refractivity contribution < 1.29 is 19.1 Å². The van der Waals surface area contributed by atoms with Gasteiger partial charge in [0.25, 0.3) is 17.7 Å². The third-order valence-electron chi connectivity index (χ3n) is 3.73. The first-order chi connectivity index (χ1) is 11.5. The van der Waals surface area contributed by atoms with Crippen molar-refractivity contribution in [2.75, 3.05) is 6.61 Å². The van der Waals surface area contributed by atoms with Crippen molar-refractivity contribution in [3.05, 3.63) is 64.7 Å². The molecule has 2 aromatic rings. The Morgan fingerprint density at radius 2 is 1.67 bits per heavy atom. The van der Waals surface area contributed by atoms with Crippen LogP contribution in [-0.4, -0.2) is 29.3 Å². The van der Waals surface area contributed by atoms with Crippen LogP contribution in [0.25, 0.3) is 0 Å². The number of fused-ring (bicyclic) bond motifs is 1. The van der Waals surface area contributed by atoms with E-state index in [1.54, 1.807) is 24.3 Å². The Labute approximate surface area is 139 Å². The molecule has 0 aliphatic carbocycles. The van der Waals surface area contributed by atoms with Gasteiger partial charge in [-0.2, -0.15) is 5.01 Å². The molecule has 1 heterocycles. The Morgan fingerprint density at radius 3 is 2.29 bits per heavy atom. The van der Waals surface area contributed by atoms with E-state index in [1.165, 1.54) is 0 Å². The first-order valence-corrected chi connectivity index (χ1v) is 7.44. The summed E-state index contributed by atoms with van der Waals surface area (Å²) in [5, 5.41) is 0.722. The zero-order valence-corrected chi connectivity index (χ0v) is 13.3. The van der Waals surface area contributed by atoms with Crippen LogP contribution in [0.5, 0.6) is 5.75 Å². The quantitative estimate of drug-likeness (QED) is 0.873. The molecule has 0 aromatic heterocycles. The van der Waals surface area contributed by atoms with Crippen molar-refractivity contribution in [1.82, 2.24) is 10.4 Å². The normalized spacial score (nSPS) is 13.0. The van der Waals surface area contributed by atoms with Crippen LogP contribution in [0, 0.1) is 13.8 Å². The highest BCUT2D eigenvalue weighted by Crippen LogP contribution is 2.21. The van der Waals surface area contributed by atoms with Crippen LogP contribution in [0.3, 0.4) is 0 Å². The van der Waals surface area contributed by atoms with Gasteiger partial charge in [0.15, 0.2) is 6.61 Å². The van der Waals surface area contributed by atoms with Gasteiger partial charge in [0.1, 0.15) is 5.75 Å². The number of carbonyl (C=O) groups excluding carboxylic acids is 3. The van der Waals surface area contributed by atoms with Crippen LogP contribution in [0.2, 0.25) is 0 Å². The largest absolute Gasteiger partial charge is 0.483 e. The fraction of sp³-hybridized carbons (Fsp3) is 0.167. The summed E-state index contributed by atoms with van der Waals surface area (Å²) >= 11 is 0. The maximum absolute atomic E-state index is 12.2. The van der Waals surface area contributed by atoms with Gasteiger partial charge in [-0.3, -0.25) is 19.8 Å². The molecule has 6 heteroatoms. The lowest BCUT2D eigenvalue weighted by molar-refractivity contribution is -0.126. The third-order valence-corrected chi connectivity index (χ3v) is 3.73. The molecular formula is C18H16N2O4. The van der Waals surface area contributed by atoms with E-state index in [-0.39, 0.29) is 17.7 Å². The van der Waals surface area contributed by atoms with Gasteiger partial charge in [-0.15, -0.1) is 0 Å². The number of amides is 3. The molecule has 3 rings (SSSR count). The molecule has 1 aliphatic rings. The number of carbonyl (C=O) groups is 3. The van der Waals surface area contributed by atoms with E-state index in [2.05, 4.69) is 5.43 Å². The minimum absolute atomic E-state index is 0.276. The molecule has 2 aromatic carbocycles. The highest BCUT2D eigenvalue weighted by Gasteiger charge is 2.36. The van der Waals surface area contributed by atoms with Crippen molar-refractivity contribution in [3.63, 3.8) is 0 Å². The summed E-state index contributed by atoms with van der Waals surface area (Å²) in [6, 6.07) is 12.1. The molecule has 122 valence electrons. The summed E-state index contributed by atoms with van der Waals surface area (Å²) in [6.07, 6.45) is 0. The van der Waals surface area contributed by atoms with E-state index in [9.17, 15) is 14.4 Å². The van der Waals surface area contributed by atoms with Gasteiger partial charge in [0.05, 0.1) is 11.1 Å². The van der Waals surface area contributed by atoms with Gasteiger partial charge in [0, 0.05) is 0 Å². The van der Waals surface area contributed by atoms with Crippen LogP contribution in [-0.2, 0) is 4.79 Å². The summed E-state index contributed by atoms with van der Waals surface area (Å²) in [5.41, 5.74) is 4.76. The second kappa shape index (κ2) is 6.16. The lowest BCUT2D eigenvalue weighted by atomic mass is 10.1. The van der Waals surface area contributed by atoms with Crippen LogP contribution in [0.4, 0.5) is 0 Å². The molecule has 0 saturated carbocycles. The van der Waals surface area contributed by atoms with Crippen molar-refractivity contribution in [1.29, 1.82) is 0 Å². The SMILES string of the molecule is Cc1ccc(C)c(OCC(=O)NN2C(=O)c3ccccc3C2=O)c1. The molecule has 1 aliphatic heterocycles. The molecule has 0 atom stereocenters. The summed E-state index contributed by atoms with van der Waals surface area (Å²) in [6.45, 7) is 3.50. The molecule has 0 radical (unpaired) electrons. The van der Waals surface area contributed by atoms with Gasteiger partial charge in [0.2, 0.25) is 0 Å². The van der Waals surface area contributed by atoms with E-state index >= 15 is 0 Å². The van der Waals surface area contributed by atoms with E-state index in [0.717, 1.165) is 16.1 Å². The molecule has 0 bridgehead atoms. The number of hydrazine groups is 1. The topological polar surface area (TPSA) is 75.7 Å². The summed E-state index contributed by atoms with van der Waals surface area (Å²) in [4.78, 5) is 36.4. The highest BCUT2D eigenvalue weighted by atomic mass is 16.5. The smallest absolute Gasteiger partial charge is 0.280 e. The lowest BCUT2D eigenvalue weighted by Gasteiger charge is -2.16. The second-order valence-electron chi connectivity index (χ2n) is 5.58. The van der Waals surface area contributed by atoms with Gasteiger partial charge in [-0.25, -0.2) is 0 Å². The monoisotopic (exact) mass is 324 g/mol. The van der Waals surface area contributed by atoms with Crippen molar-refractivity contribution in [2.24, 2.45) is 0 Å². The first-order valence-electron chi connectivity index (χ1n) is 7.44. The molecule has 0 spiro atoms. The van der Waals surface area contributed by atoms with Crippen LogP contribution in [0.1, 0.15) is 31.8 Å². The Hall–Kier alpha value is -3.15. The number of hydrogen-bond acceptors (Lipinski definition) is 4. The second-order valence-corrected chi connectivity index (χ2v) is 5.58. The lowest BCUT2D eigenvalue weighted by Crippen LogP contribution is -2.47. The molecule has 3 amide bonds. The number of rotatable bonds is 4. The van der Waals surface area contributed by atoms with Crippen LogP contribution >= 0.6 is 0 Å². The molecule has 1 N–H and O–H groups in total. The number of ether oxygens (including phenoxy) is 1. The number of hydrogen-bond donors (Lipinski definition) is 1. The summed E-state index contributed by atoms with van der Waals surface area (Å²) in [5.74, 6) is -1.08. The number of imide groups is 1. The minimum Gasteiger partial charge on any atom is -0.483 e. The fourth-order valence-corrected chi connectivity index (χ4v) is 2.45. The van der Waals surface area contributed by atoms with Crippen LogP contribution in [0.15, 0.2) is 42.5 Å². The zero-order chi connectivity index (χ0) is 17.3. The average Bonchev–Trinajstić information content (AvgIpc) is 2.81. The first kappa shape index (κ1) is 15.7. The van der Waals surface area contributed by atoms with E-state index < -0.39 is 17.7 Å². The Balaban J connectivity index is 1.65. The van der Waals surface area contributed by atoms with E-state index in [4.69, 9.17) is 4.74 Å². The van der Waals surface area contributed by atoms with Gasteiger partial charge < -0.3 is 4.74 Å². The number of aryl methyl sites for hydroxylation is 2. The third kappa shape index (κ3) is 2.86. The van der Waals surface area contributed by atoms with Gasteiger partial charge in [-0.1, -0.05) is 24.3 Å².